The molecule has 2 unspecified atom stereocenters. The first-order valence-electron chi connectivity index (χ1n) is 6.18. The molecule has 3 heteroatoms. The lowest BCUT2D eigenvalue weighted by Gasteiger charge is -2.26. The molecular formula is C13H28N2O. The van der Waals surface area contributed by atoms with E-state index in [0.717, 1.165) is 13.1 Å². The lowest BCUT2D eigenvalue weighted by molar-refractivity contribution is -0.122. The minimum absolute atomic E-state index is 0.172. The smallest absolute Gasteiger partial charge is 0.220 e. The molecule has 0 fully saturated rings. The number of hydrogen-bond donors (Lipinski definition) is 2. The van der Waals surface area contributed by atoms with Crippen LogP contribution in [0.5, 0.6) is 0 Å². The Labute approximate surface area is 100 Å². The molecule has 16 heavy (non-hydrogen) atoms. The monoisotopic (exact) mass is 228 g/mol. The lowest BCUT2D eigenvalue weighted by Crippen LogP contribution is -2.34. The first kappa shape index (κ1) is 15.4. The SMILES string of the molecule is CNCC(C)CNC(=O)CC(C)C(C)(C)C. The number of amides is 1. The Morgan fingerprint density at radius 3 is 2.19 bits per heavy atom. The summed E-state index contributed by atoms with van der Waals surface area (Å²) in [6, 6.07) is 0. The normalized spacial score (nSPS) is 15.6. The fraction of sp³-hybridized carbons (Fsp3) is 0.923. The lowest BCUT2D eigenvalue weighted by atomic mass is 9.80. The molecule has 0 aliphatic rings. The molecule has 2 N–H and O–H groups in total. The number of carbonyl (C=O) groups excluding carboxylic acids is 1. The molecule has 0 spiro atoms. The Kier molecular flexibility index (Phi) is 6.65. The molecule has 0 aliphatic heterocycles. The standard InChI is InChI=1S/C13H28N2O/c1-10(8-14-6)9-15-12(16)7-11(2)13(3,4)5/h10-11,14H,7-9H2,1-6H3,(H,15,16). The average molecular weight is 228 g/mol. The quantitative estimate of drug-likeness (QED) is 0.730. The van der Waals surface area contributed by atoms with Gasteiger partial charge in [-0.3, -0.25) is 4.79 Å². The zero-order valence-corrected chi connectivity index (χ0v) is 11.7. The third-order valence-corrected chi connectivity index (χ3v) is 3.17. The maximum atomic E-state index is 11.7. The fourth-order valence-electron chi connectivity index (χ4n) is 1.37. The number of rotatable bonds is 6. The minimum Gasteiger partial charge on any atom is -0.356 e. The van der Waals surface area contributed by atoms with E-state index in [2.05, 4.69) is 45.3 Å². The number of nitrogens with one attached hydrogen (secondary N) is 2. The van der Waals surface area contributed by atoms with Crippen molar-refractivity contribution in [3.8, 4) is 0 Å². The van der Waals surface area contributed by atoms with Crippen molar-refractivity contribution in [3.05, 3.63) is 0 Å². The summed E-state index contributed by atoms with van der Waals surface area (Å²) in [6.07, 6.45) is 0.621. The molecule has 0 aromatic heterocycles. The van der Waals surface area contributed by atoms with Crippen molar-refractivity contribution in [2.75, 3.05) is 20.1 Å². The third kappa shape index (κ3) is 6.83. The van der Waals surface area contributed by atoms with Crippen LogP contribution in [0.3, 0.4) is 0 Å². The molecule has 0 bridgehead atoms. The van der Waals surface area contributed by atoms with E-state index in [1.54, 1.807) is 0 Å². The predicted octanol–water partition coefficient (Wildman–Crippen LogP) is 2.03. The first-order chi connectivity index (χ1) is 7.27. The van der Waals surface area contributed by atoms with Gasteiger partial charge in [0.2, 0.25) is 5.91 Å². The van der Waals surface area contributed by atoms with E-state index in [1.807, 2.05) is 7.05 Å². The molecule has 0 heterocycles. The summed E-state index contributed by atoms with van der Waals surface area (Å²) in [5.74, 6) is 1.07. The summed E-state index contributed by atoms with van der Waals surface area (Å²) in [5.41, 5.74) is 0.202. The Balaban J connectivity index is 3.83. The molecule has 2 atom stereocenters. The molecular weight excluding hydrogens is 200 g/mol. The van der Waals surface area contributed by atoms with Gasteiger partial charge in [0.25, 0.3) is 0 Å². The largest absolute Gasteiger partial charge is 0.356 e. The zero-order chi connectivity index (χ0) is 12.8. The second-order valence-electron chi connectivity index (χ2n) is 5.94. The summed E-state index contributed by atoms with van der Waals surface area (Å²) in [4.78, 5) is 11.7. The highest BCUT2D eigenvalue weighted by Crippen LogP contribution is 2.27. The van der Waals surface area contributed by atoms with E-state index in [0.29, 0.717) is 18.3 Å². The van der Waals surface area contributed by atoms with Crippen LogP contribution in [0.1, 0.15) is 41.0 Å². The van der Waals surface area contributed by atoms with Gasteiger partial charge in [0, 0.05) is 13.0 Å². The van der Waals surface area contributed by atoms with Gasteiger partial charge in [-0.15, -0.1) is 0 Å². The second kappa shape index (κ2) is 6.89. The molecule has 0 aromatic rings. The van der Waals surface area contributed by atoms with Crippen LogP contribution < -0.4 is 10.6 Å². The van der Waals surface area contributed by atoms with E-state index in [9.17, 15) is 4.79 Å². The Hall–Kier alpha value is -0.570. The summed E-state index contributed by atoms with van der Waals surface area (Å²) < 4.78 is 0. The minimum atomic E-state index is 0.172. The van der Waals surface area contributed by atoms with Crippen molar-refractivity contribution in [2.45, 2.75) is 41.0 Å². The van der Waals surface area contributed by atoms with Gasteiger partial charge in [0.15, 0.2) is 0 Å². The highest BCUT2D eigenvalue weighted by Gasteiger charge is 2.22. The van der Waals surface area contributed by atoms with Crippen molar-refractivity contribution in [1.82, 2.24) is 10.6 Å². The van der Waals surface area contributed by atoms with Crippen LogP contribution in [0, 0.1) is 17.3 Å². The van der Waals surface area contributed by atoms with Crippen LogP contribution in [0.4, 0.5) is 0 Å². The third-order valence-electron chi connectivity index (χ3n) is 3.17. The van der Waals surface area contributed by atoms with Gasteiger partial charge < -0.3 is 10.6 Å². The van der Waals surface area contributed by atoms with E-state index in [-0.39, 0.29) is 11.3 Å². The Morgan fingerprint density at radius 1 is 1.19 bits per heavy atom. The zero-order valence-electron chi connectivity index (χ0n) is 11.7. The van der Waals surface area contributed by atoms with Gasteiger partial charge in [-0.2, -0.15) is 0 Å². The van der Waals surface area contributed by atoms with Crippen LogP contribution in [0.2, 0.25) is 0 Å². The maximum Gasteiger partial charge on any atom is 0.220 e. The van der Waals surface area contributed by atoms with Crippen molar-refractivity contribution >= 4 is 5.91 Å². The second-order valence-corrected chi connectivity index (χ2v) is 5.94. The fourth-order valence-corrected chi connectivity index (χ4v) is 1.37. The average Bonchev–Trinajstić information content (AvgIpc) is 2.13. The van der Waals surface area contributed by atoms with E-state index in [4.69, 9.17) is 0 Å². The van der Waals surface area contributed by atoms with E-state index in [1.165, 1.54) is 0 Å². The van der Waals surface area contributed by atoms with Crippen LogP contribution in [-0.2, 0) is 4.79 Å². The Bertz CT molecular complexity index is 208. The van der Waals surface area contributed by atoms with Crippen LogP contribution >= 0.6 is 0 Å². The van der Waals surface area contributed by atoms with E-state index < -0.39 is 0 Å². The molecule has 0 aliphatic carbocycles. The molecule has 3 nitrogen and oxygen atoms in total. The molecule has 0 saturated heterocycles. The van der Waals surface area contributed by atoms with Crippen molar-refractivity contribution in [2.24, 2.45) is 17.3 Å². The number of carbonyl (C=O) groups is 1. The molecule has 0 aromatic carbocycles. The Morgan fingerprint density at radius 2 is 1.75 bits per heavy atom. The van der Waals surface area contributed by atoms with Crippen molar-refractivity contribution in [1.29, 1.82) is 0 Å². The maximum absolute atomic E-state index is 11.7. The summed E-state index contributed by atoms with van der Waals surface area (Å²) in [6.45, 7) is 12.5. The molecule has 0 radical (unpaired) electrons. The van der Waals surface area contributed by atoms with E-state index >= 15 is 0 Å². The molecule has 0 saturated carbocycles. The van der Waals surface area contributed by atoms with Crippen molar-refractivity contribution < 1.29 is 4.79 Å². The summed E-state index contributed by atoms with van der Waals surface area (Å²) >= 11 is 0. The molecule has 96 valence electrons. The van der Waals surface area contributed by atoms with Gasteiger partial charge in [0.05, 0.1) is 0 Å². The number of hydrogen-bond acceptors (Lipinski definition) is 2. The molecule has 1 amide bonds. The van der Waals surface area contributed by atoms with Crippen LogP contribution in [0.25, 0.3) is 0 Å². The summed E-state index contributed by atoms with van der Waals surface area (Å²) in [5, 5.41) is 6.10. The highest BCUT2D eigenvalue weighted by atomic mass is 16.1. The predicted molar refractivity (Wildman–Crippen MR) is 69.3 cm³/mol. The van der Waals surface area contributed by atoms with Crippen LogP contribution in [0.15, 0.2) is 0 Å². The van der Waals surface area contributed by atoms with Gasteiger partial charge in [-0.1, -0.05) is 34.6 Å². The summed E-state index contributed by atoms with van der Waals surface area (Å²) in [7, 11) is 1.93. The van der Waals surface area contributed by atoms with Gasteiger partial charge in [-0.25, -0.2) is 0 Å². The van der Waals surface area contributed by atoms with Crippen LogP contribution in [-0.4, -0.2) is 26.0 Å². The van der Waals surface area contributed by atoms with Gasteiger partial charge in [0.1, 0.15) is 0 Å². The van der Waals surface area contributed by atoms with Gasteiger partial charge >= 0.3 is 0 Å². The highest BCUT2D eigenvalue weighted by molar-refractivity contribution is 5.76. The van der Waals surface area contributed by atoms with Gasteiger partial charge in [-0.05, 0) is 30.8 Å². The van der Waals surface area contributed by atoms with Crippen molar-refractivity contribution in [3.63, 3.8) is 0 Å². The topological polar surface area (TPSA) is 41.1 Å². The first-order valence-corrected chi connectivity index (χ1v) is 6.18. The molecule has 0 rings (SSSR count).